The van der Waals surface area contributed by atoms with Gasteiger partial charge in [-0.05, 0) is 49.9 Å². The normalized spacial score (nSPS) is 22.7. The summed E-state index contributed by atoms with van der Waals surface area (Å²) in [6.07, 6.45) is 5.71. The van der Waals surface area contributed by atoms with Gasteiger partial charge in [0.1, 0.15) is 0 Å². The Hall–Kier alpha value is -0.220. The summed E-state index contributed by atoms with van der Waals surface area (Å²) in [5, 5.41) is 0. The second kappa shape index (κ2) is 5.61. The standard InChI is InChI=1S/C13H24N2OS/c1-14(8-9-15-6-2-3-7-15)12(16)10-13(11-17)4-5-13/h17H,2-11H2,1H3. The first-order valence-electron chi connectivity index (χ1n) is 6.72. The molecule has 2 rings (SSSR count). The van der Waals surface area contributed by atoms with Crippen LogP contribution in [0.5, 0.6) is 0 Å². The van der Waals surface area contributed by atoms with Crippen molar-refractivity contribution in [3.05, 3.63) is 0 Å². The van der Waals surface area contributed by atoms with Gasteiger partial charge in [-0.2, -0.15) is 12.6 Å². The molecule has 1 aliphatic heterocycles. The predicted molar refractivity (Wildman–Crippen MR) is 73.4 cm³/mol. The van der Waals surface area contributed by atoms with Crippen LogP contribution in [0.4, 0.5) is 0 Å². The van der Waals surface area contributed by atoms with Crippen molar-refractivity contribution in [3.63, 3.8) is 0 Å². The molecule has 4 heteroatoms. The second-order valence-electron chi connectivity index (χ2n) is 5.70. The first-order chi connectivity index (χ1) is 8.15. The Kier molecular flexibility index (Phi) is 4.36. The quantitative estimate of drug-likeness (QED) is 0.730. The highest BCUT2D eigenvalue weighted by molar-refractivity contribution is 7.80. The van der Waals surface area contributed by atoms with Crippen molar-refractivity contribution in [1.82, 2.24) is 9.80 Å². The Labute approximate surface area is 110 Å². The average molecular weight is 256 g/mol. The Morgan fingerprint density at radius 2 is 2.00 bits per heavy atom. The molecule has 98 valence electrons. The fourth-order valence-corrected chi connectivity index (χ4v) is 2.87. The minimum atomic E-state index is 0.252. The van der Waals surface area contributed by atoms with E-state index in [4.69, 9.17) is 0 Å². The van der Waals surface area contributed by atoms with Crippen LogP contribution in [-0.2, 0) is 4.79 Å². The molecule has 1 saturated heterocycles. The van der Waals surface area contributed by atoms with Crippen LogP contribution in [-0.4, -0.2) is 54.7 Å². The molecular weight excluding hydrogens is 232 g/mol. The first kappa shape index (κ1) is 13.2. The summed E-state index contributed by atoms with van der Waals surface area (Å²) in [6.45, 7) is 4.34. The van der Waals surface area contributed by atoms with Crippen molar-refractivity contribution in [2.75, 3.05) is 39.0 Å². The van der Waals surface area contributed by atoms with Crippen LogP contribution in [0.2, 0.25) is 0 Å². The van der Waals surface area contributed by atoms with Crippen molar-refractivity contribution < 1.29 is 4.79 Å². The van der Waals surface area contributed by atoms with Gasteiger partial charge in [0.15, 0.2) is 0 Å². The molecule has 2 fully saturated rings. The molecule has 0 aromatic heterocycles. The van der Waals surface area contributed by atoms with E-state index in [9.17, 15) is 4.79 Å². The highest BCUT2D eigenvalue weighted by Gasteiger charge is 2.43. The zero-order valence-electron chi connectivity index (χ0n) is 10.8. The van der Waals surface area contributed by atoms with Crippen LogP contribution in [0.3, 0.4) is 0 Å². The van der Waals surface area contributed by atoms with Gasteiger partial charge in [-0.3, -0.25) is 4.79 Å². The third-order valence-electron chi connectivity index (χ3n) is 4.19. The lowest BCUT2D eigenvalue weighted by molar-refractivity contribution is -0.131. The Bertz CT molecular complexity index is 273. The summed E-state index contributed by atoms with van der Waals surface area (Å²) in [7, 11) is 1.94. The average Bonchev–Trinajstić information content (AvgIpc) is 2.91. The molecule has 1 heterocycles. The largest absolute Gasteiger partial charge is 0.344 e. The van der Waals surface area contributed by atoms with Crippen molar-refractivity contribution >= 4 is 18.5 Å². The molecule has 2 aliphatic rings. The zero-order valence-corrected chi connectivity index (χ0v) is 11.7. The molecule has 0 bridgehead atoms. The van der Waals surface area contributed by atoms with E-state index in [-0.39, 0.29) is 5.41 Å². The van der Waals surface area contributed by atoms with Crippen molar-refractivity contribution in [2.45, 2.75) is 32.1 Å². The zero-order chi connectivity index (χ0) is 12.3. The third-order valence-corrected chi connectivity index (χ3v) is 4.87. The Balaban J connectivity index is 1.67. The predicted octanol–water partition coefficient (Wildman–Crippen LogP) is 1.64. The van der Waals surface area contributed by atoms with E-state index >= 15 is 0 Å². The number of rotatable bonds is 6. The second-order valence-corrected chi connectivity index (χ2v) is 6.02. The van der Waals surface area contributed by atoms with Crippen LogP contribution < -0.4 is 0 Å². The molecule has 1 saturated carbocycles. The number of amides is 1. The first-order valence-corrected chi connectivity index (χ1v) is 7.36. The number of carbonyl (C=O) groups is 1. The van der Waals surface area contributed by atoms with E-state index in [2.05, 4.69) is 17.5 Å². The summed E-state index contributed by atoms with van der Waals surface area (Å²) in [4.78, 5) is 16.4. The highest BCUT2D eigenvalue weighted by atomic mass is 32.1. The monoisotopic (exact) mass is 256 g/mol. The number of hydrogen-bond acceptors (Lipinski definition) is 3. The number of hydrogen-bond donors (Lipinski definition) is 1. The minimum Gasteiger partial charge on any atom is -0.344 e. The van der Waals surface area contributed by atoms with E-state index in [1.807, 2.05) is 11.9 Å². The van der Waals surface area contributed by atoms with Gasteiger partial charge >= 0.3 is 0 Å². The van der Waals surface area contributed by atoms with Crippen LogP contribution >= 0.6 is 12.6 Å². The van der Waals surface area contributed by atoms with E-state index in [0.717, 1.165) is 18.8 Å². The van der Waals surface area contributed by atoms with E-state index in [1.54, 1.807) is 0 Å². The lowest BCUT2D eigenvalue weighted by Crippen LogP contribution is -2.36. The van der Waals surface area contributed by atoms with Gasteiger partial charge in [0.05, 0.1) is 0 Å². The lowest BCUT2D eigenvalue weighted by Gasteiger charge is -2.23. The molecule has 0 N–H and O–H groups in total. The van der Waals surface area contributed by atoms with Gasteiger partial charge in [-0.15, -0.1) is 0 Å². The maximum atomic E-state index is 12.0. The fraction of sp³-hybridized carbons (Fsp3) is 0.923. The van der Waals surface area contributed by atoms with E-state index < -0.39 is 0 Å². The molecule has 0 aromatic rings. The number of nitrogens with zero attached hydrogens (tertiary/aromatic N) is 2. The lowest BCUT2D eigenvalue weighted by atomic mass is 10.0. The molecule has 17 heavy (non-hydrogen) atoms. The molecule has 0 spiro atoms. The van der Waals surface area contributed by atoms with E-state index in [0.29, 0.717) is 12.3 Å². The molecular formula is C13H24N2OS. The summed E-state index contributed by atoms with van der Waals surface area (Å²) in [6, 6.07) is 0. The number of thiol groups is 1. The summed E-state index contributed by atoms with van der Waals surface area (Å²) >= 11 is 4.35. The van der Waals surface area contributed by atoms with Crippen molar-refractivity contribution in [2.24, 2.45) is 5.41 Å². The summed E-state index contributed by atoms with van der Waals surface area (Å²) in [5.74, 6) is 1.16. The molecule has 1 amide bonds. The molecule has 0 unspecified atom stereocenters. The summed E-state index contributed by atoms with van der Waals surface area (Å²) in [5.41, 5.74) is 0.252. The minimum absolute atomic E-state index is 0.252. The van der Waals surface area contributed by atoms with Crippen LogP contribution in [0.15, 0.2) is 0 Å². The molecule has 0 radical (unpaired) electrons. The fourth-order valence-electron chi connectivity index (χ4n) is 2.45. The molecule has 0 atom stereocenters. The van der Waals surface area contributed by atoms with Crippen molar-refractivity contribution in [3.8, 4) is 0 Å². The van der Waals surface area contributed by atoms with Crippen LogP contribution in [0.25, 0.3) is 0 Å². The molecule has 1 aliphatic carbocycles. The highest BCUT2D eigenvalue weighted by Crippen LogP contribution is 2.49. The maximum absolute atomic E-state index is 12.0. The number of likely N-dealkylation sites (N-methyl/N-ethyl adjacent to an activating group) is 1. The maximum Gasteiger partial charge on any atom is 0.222 e. The molecule has 3 nitrogen and oxygen atoms in total. The van der Waals surface area contributed by atoms with Gasteiger partial charge < -0.3 is 9.80 Å². The number of carbonyl (C=O) groups excluding carboxylic acids is 1. The van der Waals surface area contributed by atoms with Crippen molar-refractivity contribution in [1.29, 1.82) is 0 Å². The SMILES string of the molecule is CN(CCN1CCCC1)C(=O)CC1(CS)CC1. The van der Waals surface area contributed by atoms with Gasteiger partial charge in [0, 0.05) is 26.6 Å². The topological polar surface area (TPSA) is 23.6 Å². The molecule has 0 aromatic carbocycles. The Morgan fingerprint density at radius 3 is 2.53 bits per heavy atom. The van der Waals surface area contributed by atoms with Gasteiger partial charge in [0.25, 0.3) is 0 Å². The Morgan fingerprint density at radius 1 is 1.35 bits per heavy atom. The number of likely N-dealkylation sites (tertiary alicyclic amines) is 1. The third kappa shape index (κ3) is 3.62. The summed E-state index contributed by atoms with van der Waals surface area (Å²) < 4.78 is 0. The van der Waals surface area contributed by atoms with Gasteiger partial charge in [-0.25, -0.2) is 0 Å². The van der Waals surface area contributed by atoms with Crippen LogP contribution in [0.1, 0.15) is 32.1 Å². The van der Waals surface area contributed by atoms with E-state index in [1.165, 1.54) is 38.8 Å². The van der Waals surface area contributed by atoms with Gasteiger partial charge in [0.2, 0.25) is 5.91 Å². The van der Waals surface area contributed by atoms with Gasteiger partial charge in [-0.1, -0.05) is 0 Å². The van der Waals surface area contributed by atoms with Crippen LogP contribution in [0, 0.1) is 5.41 Å². The smallest absolute Gasteiger partial charge is 0.222 e.